The lowest BCUT2D eigenvalue weighted by molar-refractivity contribution is 0.0122. The van der Waals surface area contributed by atoms with Crippen molar-refractivity contribution in [2.75, 3.05) is 51.7 Å². The van der Waals surface area contributed by atoms with Gasteiger partial charge < -0.3 is 28.3 Å². The highest BCUT2D eigenvalue weighted by Gasteiger charge is 2.51. The van der Waals surface area contributed by atoms with Gasteiger partial charge in [0.2, 0.25) is 0 Å². The lowest BCUT2D eigenvalue weighted by atomic mass is 9.95. The van der Waals surface area contributed by atoms with Crippen LogP contribution in [0.15, 0.2) is 30.5 Å². The Kier molecular flexibility index (Phi) is 15.2. The van der Waals surface area contributed by atoms with Gasteiger partial charge in [0.25, 0.3) is 0 Å². The Morgan fingerprint density at radius 1 is 0.917 bits per heavy atom. The largest absolute Gasteiger partial charge is 0.468 e. The molecule has 6 heterocycles. The SMILES string of the molecule is COCOc1cc(-c2ncc3c(N4C[C@H]5CC[C@@H](C4)N5C(=O)OC(C)(C)C)nc(OC[C@]45CCCN4[C@@H](CO[Si](C)(C)C(C)(C)C)CC5)nc3c2F)c2c(C#C[Si](C(C)C)(C(C)C)C(C)C)c(F)ccc2c1. The number of ether oxygens (including phenoxy) is 4. The second-order valence-corrected chi connectivity index (χ2v) is 34.8. The monoisotopic (exact) mass is 1030 g/mol. The van der Waals surface area contributed by atoms with E-state index < -0.39 is 33.6 Å². The van der Waals surface area contributed by atoms with Gasteiger partial charge in [0.1, 0.15) is 48.9 Å². The molecule has 4 aliphatic heterocycles. The smallest absolute Gasteiger partial charge is 0.410 e. The van der Waals surface area contributed by atoms with Crippen molar-refractivity contribution >= 4 is 50.0 Å². The fourth-order valence-electron chi connectivity index (χ4n) is 12.2. The molecule has 4 fully saturated rings. The van der Waals surface area contributed by atoms with Crippen LogP contribution in [0.3, 0.4) is 0 Å². The van der Waals surface area contributed by atoms with Crippen molar-refractivity contribution in [3.63, 3.8) is 0 Å². The van der Waals surface area contributed by atoms with Gasteiger partial charge in [-0.05, 0) is 124 Å². The first-order valence-electron chi connectivity index (χ1n) is 26.4. The van der Waals surface area contributed by atoms with Gasteiger partial charge in [-0.25, -0.2) is 13.6 Å². The maximum atomic E-state index is 18.2. The Labute approximate surface area is 429 Å². The fourth-order valence-corrected chi connectivity index (χ4v) is 18.5. The first-order valence-corrected chi connectivity index (χ1v) is 31.5. The summed E-state index contributed by atoms with van der Waals surface area (Å²) >= 11 is 0. The Balaban J connectivity index is 1.25. The first-order chi connectivity index (χ1) is 33.8. The van der Waals surface area contributed by atoms with Crippen molar-refractivity contribution < 1.29 is 36.9 Å². The number of pyridine rings is 1. The van der Waals surface area contributed by atoms with E-state index in [1.807, 2.05) is 25.7 Å². The number of carbonyl (C=O) groups excluding carboxylic acids is 1. The summed E-state index contributed by atoms with van der Waals surface area (Å²) in [6, 6.07) is 6.64. The fraction of sp³-hybridized carbons (Fsp3) is 0.643. The molecule has 1 amide bonds. The summed E-state index contributed by atoms with van der Waals surface area (Å²) in [5.41, 5.74) is 4.27. The lowest BCUT2D eigenvalue weighted by Gasteiger charge is -2.42. The standard InChI is InChI=1S/C56H80F2N6O6Si2/c1-35(2)72(36(3)4,37(5)6)26-22-43-46(57)20-17-38-27-42(68-34-66-13)28-44(47(38)43)49-48(58)50-45(29-59-49)51(62-30-39-18-19-40(31-62)64(39)53(65)70-54(7,8)9)61-52(60-50)67-33-56-23-16-25-63(56)41(21-24-56)32-69-71(14,15)55(10,11)12/h17,20,27-29,35-37,39-41H,16,18-19,21,23-25,30-34H2,1-15H3/t39-,40+,41-,56-/m1/s1. The van der Waals surface area contributed by atoms with E-state index in [-0.39, 0.29) is 64.4 Å². The number of anilines is 1. The van der Waals surface area contributed by atoms with Crippen LogP contribution in [0, 0.1) is 23.1 Å². The number of fused-ring (bicyclic) bond motifs is 5. The van der Waals surface area contributed by atoms with Crippen LogP contribution in [0.4, 0.5) is 19.4 Å². The quantitative estimate of drug-likeness (QED) is 0.0684. The molecule has 2 aromatic heterocycles. The molecule has 2 bridgehead atoms. The Morgan fingerprint density at radius 2 is 1.60 bits per heavy atom. The zero-order valence-corrected chi connectivity index (χ0v) is 47.7. The molecule has 4 saturated heterocycles. The van der Waals surface area contributed by atoms with Crippen molar-refractivity contribution in [2.24, 2.45) is 0 Å². The normalized spacial score (nSPS) is 21.9. The van der Waals surface area contributed by atoms with Crippen LogP contribution >= 0.6 is 0 Å². The molecule has 8 rings (SSSR count). The van der Waals surface area contributed by atoms with Crippen LogP contribution in [0.25, 0.3) is 32.9 Å². The summed E-state index contributed by atoms with van der Waals surface area (Å²) in [6.07, 6.45) is 6.84. The number of amides is 1. The molecule has 0 unspecified atom stereocenters. The van der Waals surface area contributed by atoms with Crippen molar-refractivity contribution in [3.05, 3.63) is 47.7 Å². The molecule has 0 N–H and O–H groups in total. The van der Waals surface area contributed by atoms with E-state index in [1.165, 1.54) is 13.2 Å². The Hall–Kier alpha value is -4.41. The van der Waals surface area contributed by atoms with E-state index in [9.17, 15) is 4.79 Å². The number of aromatic nitrogens is 3. The van der Waals surface area contributed by atoms with Crippen molar-refractivity contribution in [3.8, 4) is 34.5 Å². The number of piperazine rings is 1. The van der Waals surface area contributed by atoms with Crippen LogP contribution in [-0.4, -0.2) is 123 Å². The van der Waals surface area contributed by atoms with Gasteiger partial charge in [0, 0.05) is 50.0 Å². The maximum absolute atomic E-state index is 18.2. The summed E-state index contributed by atoms with van der Waals surface area (Å²) in [5.74, 6) is 3.06. The number of carbonyl (C=O) groups is 1. The van der Waals surface area contributed by atoms with Crippen molar-refractivity contribution in [2.45, 2.75) is 186 Å². The number of hydrogen-bond donors (Lipinski definition) is 0. The highest BCUT2D eigenvalue weighted by molar-refractivity contribution is 6.90. The molecule has 0 aliphatic carbocycles. The molecule has 0 radical (unpaired) electrons. The van der Waals surface area contributed by atoms with Crippen LogP contribution in [0.2, 0.25) is 34.8 Å². The summed E-state index contributed by atoms with van der Waals surface area (Å²) in [5, 5.41) is 1.57. The van der Waals surface area contributed by atoms with Crippen LogP contribution in [-0.2, 0) is 13.9 Å². The molecule has 72 heavy (non-hydrogen) atoms. The molecule has 12 nitrogen and oxygen atoms in total. The van der Waals surface area contributed by atoms with Gasteiger partial charge in [-0.2, -0.15) is 9.97 Å². The second kappa shape index (κ2) is 20.4. The van der Waals surface area contributed by atoms with Gasteiger partial charge in [-0.3, -0.25) is 14.8 Å². The lowest BCUT2D eigenvalue weighted by Crippen LogP contribution is -2.57. The number of nitrogens with zero attached hydrogens (tertiary/aromatic N) is 6. The minimum atomic E-state index is -2.33. The van der Waals surface area contributed by atoms with Crippen LogP contribution in [0.5, 0.6) is 11.8 Å². The Bertz CT molecular complexity index is 2700. The molecule has 2 aromatic carbocycles. The Morgan fingerprint density at radius 3 is 2.22 bits per heavy atom. The molecule has 16 heteroatoms. The average molecular weight is 1030 g/mol. The third-order valence-corrected chi connectivity index (χ3v) is 27.7. The second-order valence-electron chi connectivity index (χ2n) is 24.5. The molecule has 392 valence electrons. The zero-order valence-electron chi connectivity index (χ0n) is 45.7. The van der Waals surface area contributed by atoms with Gasteiger partial charge in [-0.15, -0.1) is 5.54 Å². The van der Waals surface area contributed by atoms with E-state index >= 15 is 8.78 Å². The number of rotatable bonds is 14. The van der Waals surface area contributed by atoms with E-state index in [0.717, 1.165) is 45.1 Å². The summed E-state index contributed by atoms with van der Waals surface area (Å²) in [4.78, 5) is 35.1. The van der Waals surface area contributed by atoms with Gasteiger partial charge in [0.15, 0.2) is 20.9 Å². The van der Waals surface area contributed by atoms with Crippen LogP contribution in [0.1, 0.15) is 127 Å². The number of methoxy groups -OCH3 is 1. The first kappa shape index (κ1) is 53.9. The van der Waals surface area contributed by atoms with E-state index in [4.69, 9.17) is 38.3 Å². The van der Waals surface area contributed by atoms with Crippen molar-refractivity contribution in [1.82, 2.24) is 24.8 Å². The highest BCUT2D eigenvalue weighted by atomic mass is 28.4. The molecular formula is C56H80F2N6O6Si2. The molecule has 4 aromatic rings. The van der Waals surface area contributed by atoms with Gasteiger partial charge >= 0.3 is 12.1 Å². The molecule has 0 saturated carbocycles. The molecule has 4 atom stereocenters. The third-order valence-electron chi connectivity index (χ3n) is 16.9. The van der Waals surface area contributed by atoms with Gasteiger partial charge in [-0.1, -0.05) is 74.3 Å². The minimum absolute atomic E-state index is 0.0287. The topological polar surface area (TPSA) is 112 Å². The van der Waals surface area contributed by atoms with E-state index in [2.05, 4.69) is 96.7 Å². The van der Waals surface area contributed by atoms with E-state index in [0.29, 0.717) is 76.2 Å². The molecule has 0 spiro atoms. The van der Waals surface area contributed by atoms with Crippen molar-refractivity contribution in [1.29, 1.82) is 0 Å². The number of hydrogen-bond acceptors (Lipinski definition) is 11. The molecular weight excluding hydrogens is 947 g/mol. The summed E-state index contributed by atoms with van der Waals surface area (Å²) < 4.78 is 65.4. The minimum Gasteiger partial charge on any atom is -0.468 e. The van der Waals surface area contributed by atoms with E-state index in [1.54, 1.807) is 24.4 Å². The predicted molar refractivity (Wildman–Crippen MR) is 288 cm³/mol. The average Bonchev–Trinajstić information content (AvgIpc) is 3.95. The highest BCUT2D eigenvalue weighted by Crippen LogP contribution is 2.46. The molecule has 4 aliphatic rings. The third kappa shape index (κ3) is 10.2. The summed E-state index contributed by atoms with van der Waals surface area (Å²) in [7, 11) is -2.76. The predicted octanol–water partition coefficient (Wildman–Crippen LogP) is 12.7. The maximum Gasteiger partial charge on any atom is 0.410 e. The van der Waals surface area contributed by atoms with Crippen LogP contribution < -0.4 is 14.4 Å². The number of halogens is 2. The summed E-state index contributed by atoms with van der Waals surface area (Å²) in [6.45, 7) is 33.2. The van der Waals surface area contributed by atoms with Gasteiger partial charge in [0.05, 0.1) is 28.6 Å². The number of benzene rings is 2. The zero-order chi connectivity index (χ0) is 52.3.